The Bertz CT molecular complexity index is 724. The van der Waals surface area contributed by atoms with Crippen LogP contribution in [0.15, 0.2) is 33.9 Å². The van der Waals surface area contributed by atoms with Crippen LogP contribution in [-0.2, 0) is 4.79 Å². The first kappa shape index (κ1) is 19.7. The number of rotatable bonds is 7. The minimum absolute atomic E-state index is 0.0349. The summed E-state index contributed by atoms with van der Waals surface area (Å²) in [5, 5.41) is 11.5. The van der Waals surface area contributed by atoms with Gasteiger partial charge in [0.1, 0.15) is 5.75 Å². The van der Waals surface area contributed by atoms with Crippen LogP contribution in [0, 0.1) is 0 Å². The fourth-order valence-corrected chi connectivity index (χ4v) is 3.87. The molecule has 0 radical (unpaired) electrons. The first-order chi connectivity index (χ1) is 13.2. The molecule has 3 rings (SSSR count). The van der Waals surface area contributed by atoms with E-state index < -0.39 is 0 Å². The van der Waals surface area contributed by atoms with Gasteiger partial charge in [0.05, 0.1) is 11.9 Å². The normalized spacial score (nSPS) is 16.5. The number of nitrogens with zero attached hydrogens (tertiary/aromatic N) is 2. The maximum atomic E-state index is 12.5. The van der Waals surface area contributed by atoms with Gasteiger partial charge < -0.3 is 14.5 Å². The topological polar surface area (TPSA) is 77.2 Å². The number of aromatic nitrogens is 2. The molecule has 1 saturated carbocycles. The molecule has 1 heterocycles. The lowest BCUT2D eigenvalue weighted by Crippen LogP contribution is -2.39. The maximum absolute atomic E-state index is 12.5. The second-order valence-corrected chi connectivity index (χ2v) is 8.08. The molecule has 1 aromatic carbocycles. The van der Waals surface area contributed by atoms with Gasteiger partial charge in [-0.25, -0.2) is 0 Å². The van der Waals surface area contributed by atoms with Crippen molar-refractivity contribution < 1.29 is 13.9 Å². The predicted molar refractivity (Wildman–Crippen MR) is 106 cm³/mol. The number of carbonyl (C=O) groups excluding carboxylic acids is 1. The minimum Gasteiger partial charge on any atom is -0.494 e. The molecule has 1 amide bonds. The van der Waals surface area contributed by atoms with Gasteiger partial charge in [-0.3, -0.25) is 4.79 Å². The molecule has 0 unspecified atom stereocenters. The molecule has 0 spiro atoms. The summed E-state index contributed by atoms with van der Waals surface area (Å²) in [6, 6.07) is 7.81. The van der Waals surface area contributed by atoms with Gasteiger partial charge in [-0.05, 0) is 51.0 Å². The lowest BCUT2D eigenvalue weighted by atomic mass is 10.1. The molecule has 1 aliphatic rings. The quantitative estimate of drug-likeness (QED) is 0.557. The molecule has 2 aromatic rings. The van der Waals surface area contributed by atoms with Gasteiger partial charge in [-0.2, -0.15) is 0 Å². The highest BCUT2D eigenvalue weighted by Gasteiger charge is 2.22. The summed E-state index contributed by atoms with van der Waals surface area (Å²) >= 11 is 1.30. The van der Waals surface area contributed by atoms with Crippen LogP contribution in [0.1, 0.15) is 52.4 Å². The zero-order valence-electron chi connectivity index (χ0n) is 15.9. The standard InChI is InChI=1S/C20H27N3O3S/c1-3-25-17-12-10-15(11-13-17)19-22-23-20(26-19)27-14(2)18(24)21-16-8-6-4-5-7-9-16/h10-14,16H,3-9H2,1-2H3,(H,21,24)/t14-/m1/s1. The fraction of sp³-hybridized carbons (Fsp3) is 0.550. The average molecular weight is 390 g/mol. The van der Waals surface area contributed by atoms with Crippen LogP contribution in [0.2, 0.25) is 0 Å². The van der Waals surface area contributed by atoms with Gasteiger partial charge in [0.25, 0.3) is 5.22 Å². The number of benzene rings is 1. The Balaban J connectivity index is 1.55. The van der Waals surface area contributed by atoms with Crippen molar-refractivity contribution in [3.63, 3.8) is 0 Å². The largest absolute Gasteiger partial charge is 0.494 e. The van der Waals surface area contributed by atoms with Crippen LogP contribution in [0.3, 0.4) is 0 Å². The van der Waals surface area contributed by atoms with E-state index in [4.69, 9.17) is 9.15 Å². The maximum Gasteiger partial charge on any atom is 0.277 e. The van der Waals surface area contributed by atoms with E-state index in [1.807, 2.05) is 38.1 Å². The van der Waals surface area contributed by atoms with E-state index in [1.54, 1.807) is 0 Å². The first-order valence-corrected chi connectivity index (χ1v) is 10.6. The van der Waals surface area contributed by atoms with Gasteiger partial charge in [-0.1, -0.05) is 37.4 Å². The summed E-state index contributed by atoms with van der Waals surface area (Å²) in [6.45, 7) is 4.45. The number of nitrogens with one attached hydrogen (secondary N) is 1. The molecule has 0 saturated heterocycles. The molecule has 1 aromatic heterocycles. The van der Waals surface area contributed by atoms with Crippen LogP contribution in [0.5, 0.6) is 5.75 Å². The van der Waals surface area contributed by atoms with Gasteiger partial charge in [0, 0.05) is 11.6 Å². The highest BCUT2D eigenvalue weighted by molar-refractivity contribution is 8.00. The van der Waals surface area contributed by atoms with E-state index in [0.29, 0.717) is 23.8 Å². The third-order valence-electron chi connectivity index (χ3n) is 4.67. The Morgan fingerprint density at radius 1 is 1.22 bits per heavy atom. The van der Waals surface area contributed by atoms with Crippen LogP contribution in [0.25, 0.3) is 11.5 Å². The SMILES string of the molecule is CCOc1ccc(-c2nnc(S[C@H](C)C(=O)NC3CCCCCC3)o2)cc1. The van der Waals surface area contributed by atoms with Crippen LogP contribution in [0.4, 0.5) is 0 Å². The molecule has 1 fully saturated rings. The molecule has 0 bridgehead atoms. The highest BCUT2D eigenvalue weighted by atomic mass is 32.2. The lowest BCUT2D eigenvalue weighted by Gasteiger charge is -2.18. The van der Waals surface area contributed by atoms with Crippen molar-refractivity contribution in [2.75, 3.05) is 6.61 Å². The van der Waals surface area contributed by atoms with Crippen molar-refractivity contribution in [3.8, 4) is 17.2 Å². The van der Waals surface area contributed by atoms with E-state index in [2.05, 4.69) is 15.5 Å². The zero-order valence-corrected chi connectivity index (χ0v) is 16.8. The predicted octanol–water partition coefficient (Wildman–Crippen LogP) is 4.45. The average Bonchev–Trinajstić information content (AvgIpc) is 2.98. The lowest BCUT2D eigenvalue weighted by molar-refractivity contribution is -0.121. The fourth-order valence-electron chi connectivity index (χ4n) is 3.18. The van der Waals surface area contributed by atoms with E-state index in [0.717, 1.165) is 24.2 Å². The van der Waals surface area contributed by atoms with Gasteiger partial charge in [-0.15, -0.1) is 10.2 Å². The van der Waals surface area contributed by atoms with Crippen LogP contribution < -0.4 is 10.1 Å². The van der Waals surface area contributed by atoms with Crippen molar-refractivity contribution in [2.24, 2.45) is 0 Å². The molecule has 1 N–H and O–H groups in total. The number of amides is 1. The second kappa shape index (κ2) is 9.78. The minimum atomic E-state index is -0.276. The van der Waals surface area contributed by atoms with Gasteiger partial charge in [0.15, 0.2) is 0 Å². The van der Waals surface area contributed by atoms with E-state index >= 15 is 0 Å². The Morgan fingerprint density at radius 2 is 1.93 bits per heavy atom. The number of hydrogen-bond acceptors (Lipinski definition) is 6. The van der Waals surface area contributed by atoms with Crippen molar-refractivity contribution >= 4 is 17.7 Å². The molecule has 6 nitrogen and oxygen atoms in total. The molecular weight excluding hydrogens is 362 g/mol. The van der Waals surface area contributed by atoms with E-state index in [9.17, 15) is 4.79 Å². The number of thioether (sulfide) groups is 1. The second-order valence-electron chi connectivity index (χ2n) is 6.79. The van der Waals surface area contributed by atoms with Crippen LogP contribution >= 0.6 is 11.8 Å². The molecule has 1 atom stereocenters. The number of hydrogen-bond donors (Lipinski definition) is 1. The molecular formula is C20H27N3O3S. The summed E-state index contributed by atoms with van der Waals surface area (Å²) in [4.78, 5) is 12.5. The summed E-state index contributed by atoms with van der Waals surface area (Å²) in [6.07, 6.45) is 7.08. The van der Waals surface area contributed by atoms with Crippen molar-refractivity contribution in [1.82, 2.24) is 15.5 Å². The van der Waals surface area contributed by atoms with Crippen LogP contribution in [-0.4, -0.2) is 34.0 Å². The van der Waals surface area contributed by atoms with Crippen molar-refractivity contribution in [1.29, 1.82) is 0 Å². The highest BCUT2D eigenvalue weighted by Crippen LogP contribution is 2.27. The summed E-state index contributed by atoms with van der Waals surface area (Å²) < 4.78 is 11.2. The first-order valence-electron chi connectivity index (χ1n) is 9.69. The Labute approximate surface area is 164 Å². The Morgan fingerprint density at radius 3 is 2.59 bits per heavy atom. The molecule has 27 heavy (non-hydrogen) atoms. The molecule has 146 valence electrons. The van der Waals surface area contributed by atoms with E-state index in [-0.39, 0.29) is 11.2 Å². The third kappa shape index (κ3) is 5.73. The van der Waals surface area contributed by atoms with Crippen molar-refractivity contribution in [2.45, 2.75) is 68.9 Å². The Hall–Kier alpha value is -2.02. The summed E-state index contributed by atoms with van der Waals surface area (Å²) in [5.74, 6) is 1.28. The number of carbonyl (C=O) groups is 1. The molecule has 7 heteroatoms. The molecule has 0 aliphatic heterocycles. The van der Waals surface area contributed by atoms with Gasteiger partial charge in [0.2, 0.25) is 11.8 Å². The number of ether oxygens (including phenoxy) is 1. The zero-order chi connectivity index (χ0) is 19.1. The smallest absolute Gasteiger partial charge is 0.277 e. The summed E-state index contributed by atoms with van der Waals surface area (Å²) in [7, 11) is 0. The Kier molecular flexibility index (Phi) is 7.15. The van der Waals surface area contributed by atoms with E-state index in [1.165, 1.54) is 37.4 Å². The van der Waals surface area contributed by atoms with Gasteiger partial charge >= 0.3 is 0 Å². The van der Waals surface area contributed by atoms with Crippen molar-refractivity contribution in [3.05, 3.63) is 24.3 Å². The monoisotopic (exact) mass is 389 g/mol. The molecule has 1 aliphatic carbocycles. The summed E-state index contributed by atoms with van der Waals surface area (Å²) in [5.41, 5.74) is 0.827. The third-order valence-corrected chi connectivity index (χ3v) is 5.60.